The van der Waals surface area contributed by atoms with E-state index < -0.39 is 39.7 Å². The first-order valence-electron chi connectivity index (χ1n) is 7.34. The molecule has 1 fully saturated rings. The minimum atomic E-state index is -3.49. The van der Waals surface area contributed by atoms with E-state index in [0.29, 0.717) is 0 Å². The highest BCUT2D eigenvalue weighted by atomic mass is 32.2. The number of ether oxygens (including phenoxy) is 1. The highest BCUT2D eigenvalue weighted by molar-refractivity contribution is 7.90. The molecule has 0 spiro atoms. The summed E-state index contributed by atoms with van der Waals surface area (Å²) in [6, 6.07) is -0.0374. The van der Waals surface area contributed by atoms with Crippen LogP contribution >= 0.6 is 0 Å². The van der Waals surface area contributed by atoms with Crippen LogP contribution < -0.4 is 10.0 Å². The SMILES string of the molecule is CC(C)NC(=O)C[C@@H]1O[C@H](CNS(=O)(=O)C(C)C)[C@@H](O)[C@H]1O. The molecule has 0 aliphatic carbocycles. The van der Waals surface area contributed by atoms with Crippen molar-refractivity contribution in [2.75, 3.05) is 6.54 Å². The van der Waals surface area contributed by atoms with Crippen LogP contribution in [0.5, 0.6) is 0 Å². The number of hydrogen-bond acceptors (Lipinski definition) is 6. The van der Waals surface area contributed by atoms with E-state index in [1.54, 1.807) is 0 Å². The van der Waals surface area contributed by atoms with Crippen LogP contribution in [0.2, 0.25) is 0 Å². The van der Waals surface area contributed by atoms with E-state index in [2.05, 4.69) is 10.0 Å². The lowest BCUT2D eigenvalue weighted by Gasteiger charge is -2.16. The second-order valence-electron chi connectivity index (χ2n) is 6.06. The lowest BCUT2D eigenvalue weighted by molar-refractivity contribution is -0.125. The van der Waals surface area contributed by atoms with Crippen molar-refractivity contribution in [1.82, 2.24) is 10.0 Å². The molecule has 1 saturated heterocycles. The quantitative estimate of drug-likeness (QED) is 0.458. The molecular formula is C13H26N2O6S. The van der Waals surface area contributed by atoms with Crippen LogP contribution in [0, 0.1) is 0 Å². The Morgan fingerprint density at radius 3 is 2.18 bits per heavy atom. The van der Waals surface area contributed by atoms with E-state index in [4.69, 9.17) is 4.74 Å². The maximum absolute atomic E-state index is 11.7. The summed E-state index contributed by atoms with van der Waals surface area (Å²) < 4.78 is 31.1. The molecule has 0 radical (unpaired) electrons. The van der Waals surface area contributed by atoms with Crippen molar-refractivity contribution < 1.29 is 28.2 Å². The molecule has 1 rings (SSSR count). The fraction of sp³-hybridized carbons (Fsp3) is 0.923. The van der Waals surface area contributed by atoms with Gasteiger partial charge in [0.2, 0.25) is 15.9 Å². The minimum Gasteiger partial charge on any atom is -0.388 e. The van der Waals surface area contributed by atoms with Crippen LogP contribution in [0.4, 0.5) is 0 Å². The van der Waals surface area contributed by atoms with Gasteiger partial charge in [0.15, 0.2) is 0 Å². The minimum absolute atomic E-state index is 0.0374. The number of amides is 1. The van der Waals surface area contributed by atoms with E-state index in [9.17, 15) is 23.4 Å². The van der Waals surface area contributed by atoms with E-state index in [1.165, 1.54) is 13.8 Å². The second-order valence-corrected chi connectivity index (χ2v) is 8.38. The molecule has 4 atom stereocenters. The third-order valence-corrected chi connectivity index (χ3v) is 5.21. The Labute approximate surface area is 131 Å². The van der Waals surface area contributed by atoms with E-state index in [-0.39, 0.29) is 24.9 Å². The second kappa shape index (κ2) is 7.69. The van der Waals surface area contributed by atoms with Crippen molar-refractivity contribution in [1.29, 1.82) is 0 Å². The Balaban J connectivity index is 2.57. The number of hydrogen-bond donors (Lipinski definition) is 4. The Hall–Kier alpha value is -0.740. The van der Waals surface area contributed by atoms with Crippen LogP contribution in [0.25, 0.3) is 0 Å². The van der Waals surface area contributed by atoms with Gasteiger partial charge in [0.05, 0.1) is 17.8 Å². The van der Waals surface area contributed by atoms with Gasteiger partial charge < -0.3 is 20.3 Å². The summed E-state index contributed by atoms with van der Waals surface area (Å²) in [6.45, 7) is 6.52. The van der Waals surface area contributed by atoms with Crippen molar-refractivity contribution in [3.05, 3.63) is 0 Å². The van der Waals surface area contributed by atoms with E-state index in [1.807, 2.05) is 13.8 Å². The first-order chi connectivity index (χ1) is 10.0. The number of carbonyl (C=O) groups excluding carboxylic acids is 1. The average molecular weight is 338 g/mol. The molecule has 4 N–H and O–H groups in total. The lowest BCUT2D eigenvalue weighted by atomic mass is 10.1. The number of aliphatic hydroxyl groups excluding tert-OH is 2. The topological polar surface area (TPSA) is 125 Å². The largest absolute Gasteiger partial charge is 0.388 e. The van der Waals surface area contributed by atoms with Gasteiger partial charge in [-0.3, -0.25) is 4.79 Å². The predicted molar refractivity (Wildman–Crippen MR) is 80.6 cm³/mol. The molecule has 1 amide bonds. The monoisotopic (exact) mass is 338 g/mol. The van der Waals surface area contributed by atoms with Gasteiger partial charge in [-0.25, -0.2) is 13.1 Å². The molecule has 0 unspecified atom stereocenters. The van der Waals surface area contributed by atoms with Gasteiger partial charge in [-0.1, -0.05) is 0 Å². The maximum atomic E-state index is 11.7. The van der Waals surface area contributed by atoms with Crippen molar-refractivity contribution in [3.8, 4) is 0 Å². The van der Waals surface area contributed by atoms with Crippen LogP contribution in [-0.4, -0.2) is 66.8 Å². The Morgan fingerprint density at radius 1 is 1.14 bits per heavy atom. The zero-order chi connectivity index (χ0) is 17.1. The fourth-order valence-electron chi connectivity index (χ4n) is 2.09. The zero-order valence-corrected chi connectivity index (χ0v) is 14.1. The first-order valence-corrected chi connectivity index (χ1v) is 8.88. The van der Waals surface area contributed by atoms with Crippen molar-refractivity contribution in [3.63, 3.8) is 0 Å². The van der Waals surface area contributed by atoms with Crippen LogP contribution in [0.15, 0.2) is 0 Å². The Bertz CT molecular complexity index is 479. The third kappa shape index (κ3) is 5.17. The number of aliphatic hydroxyl groups is 2. The predicted octanol–water partition coefficient (Wildman–Crippen LogP) is -1.28. The maximum Gasteiger partial charge on any atom is 0.222 e. The van der Waals surface area contributed by atoms with Crippen LogP contribution in [0.1, 0.15) is 34.1 Å². The van der Waals surface area contributed by atoms with Gasteiger partial charge in [0, 0.05) is 12.6 Å². The van der Waals surface area contributed by atoms with E-state index in [0.717, 1.165) is 0 Å². The number of rotatable bonds is 7. The molecular weight excluding hydrogens is 312 g/mol. The van der Waals surface area contributed by atoms with Gasteiger partial charge >= 0.3 is 0 Å². The highest BCUT2D eigenvalue weighted by Crippen LogP contribution is 2.23. The number of nitrogens with one attached hydrogen (secondary N) is 2. The lowest BCUT2D eigenvalue weighted by Crippen LogP contribution is -2.42. The Morgan fingerprint density at radius 2 is 1.68 bits per heavy atom. The molecule has 0 bridgehead atoms. The molecule has 22 heavy (non-hydrogen) atoms. The van der Waals surface area contributed by atoms with Crippen molar-refractivity contribution in [2.45, 2.75) is 69.8 Å². The number of sulfonamides is 1. The summed E-state index contributed by atoms with van der Waals surface area (Å²) in [5, 5.41) is 21.9. The van der Waals surface area contributed by atoms with E-state index >= 15 is 0 Å². The van der Waals surface area contributed by atoms with Gasteiger partial charge in [0.1, 0.15) is 18.3 Å². The van der Waals surface area contributed by atoms with Gasteiger partial charge in [-0.05, 0) is 27.7 Å². The van der Waals surface area contributed by atoms with Crippen molar-refractivity contribution in [2.24, 2.45) is 0 Å². The molecule has 1 aliphatic rings. The summed E-state index contributed by atoms with van der Waals surface area (Å²) in [7, 11) is -3.49. The van der Waals surface area contributed by atoms with Crippen LogP contribution in [-0.2, 0) is 19.6 Å². The van der Waals surface area contributed by atoms with Crippen LogP contribution in [0.3, 0.4) is 0 Å². The molecule has 8 nitrogen and oxygen atoms in total. The summed E-state index contributed by atoms with van der Waals surface area (Å²) in [4.78, 5) is 11.7. The molecule has 1 heterocycles. The molecule has 1 aliphatic heterocycles. The molecule has 0 aromatic rings. The standard InChI is InChI=1S/C13H26N2O6S/c1-7(2)15-11(16)5-9-12(17)13(18)10(21-9)6-14-22(19,20)8(3)4/h7-10,12-14,17-18H,5-6H2,1-4H3,(H,15,16)/t9-,10+,12-,13+/m0/s1. The normalized spacial score (nSPS) is 29.3. The average Bonchev–Trinajstić information content (AvgIpc) is 2.63. The zero-order valence-electron chi connectivity index (χ0n) is 13.3. The first kappa shape index (κ1) is 19.3. The Kier molecular flexibility index (Phi) is 6.75. The molecule has 0 aromatic heterocycles. The van der Waals surface area contributed by atoms with Gasteiger partial charge in [-0.2, -0.15) is 0 Å². The summed E-state index contributed by atoms with van der Waals surface area (Å²) in [6.07, 6.45) is -4.31. The smallest absolute Gasteiger partial charge is 0.222 e. The summed E-state index contributed by atoms with van der Waals surface area (Å²) >= 11 is 0. The van der Waals surface area contributed by atoms with Gasteiger partial charge in [-0.15, -0.1) is 0 Å². The summed E-state index contributed by atoms with van der Waals surface area (Å²) in [5.74, 6) is -0.297. The highest BCUT2D eigenvalue weighted by Gasteiger charge is 2.43. The third-order valence-electron chi connectivity index (χ3n) is 3.40. The molecule has 0 saturated carbocycles. The van der Waals surface area contributed by atoms with Gasteiger partial charge in [0.25, 0.3) is 0 Å². The van der Waals surface area contributed by atoms with Crippen molar-refractivity contribution >= 4 is 15.9 Å². The summed E-state index contributed by atoms with van der Waals surface area (Å²) in [5.41, 5.74) is 0. The molecule has 130 valence electrons. The molecule has 0 aromatic carbocycles. The fourth-order valence-corrected chi connectivity index (χ4v) is 2.82. The number of carbonyl (C=O) groups is 1. The molecule has 9 heteroatoms.